The minimum atomic E-state index is 0.279. The summed E-state index contributed by atoms with van der Waals surface area (Å²) >= 11 is 6.02. The second-order valence-electron chi connectivity index (χ2n) is 4.19. The van der Waals surface area contributed by atoms with Gasteiger partial charge in [-0.1, -0.05) is 11.6 Å². The third-order valence-electron chi connectivity index (χ3n) is 2.32. The Morgan fingerprint density at radius 2 is 2.28 bits per heavy atom. The van der Waals surface area contributed by atoms with E-state index in [0.717, 1.165) is 26.0 Å². The predicted molar refractivity (Wildman–Crippen MR) is 72.8 cm³/mol. The lowest BCUT2D eigenvalue weighted by molar-refractivity contribution is 0.0765. The quantitative estimate of drug-likeness (QED) is 0.771. The molecular formula is C13H18ClN3O. The number of unbranched alkanes of at least 4 members (excludes halogenated alkanes) is 1. The molecule has 0 fully saturated rings. The molecule has 1 rings (SSSR count). The Morgan fingerprint density at radius 1 is 1.50 bits per heavy atom. The fraction of sp³-hybridized carbons (Fsp3) is 0.538. The van der Waals surface area contributed by atoms with Crippen molar-refractivity contribution in [3.63, 3.8) is 0 Å². The second kappa shape index (κ2) is 7.91. The highest BCUT2D eigenvalue weighted by Gasteiger charge is 2.05. The van der Waals surface area contributed by atoms with Crippen molar-refractivity contribution in [3.05, 3.63) is 22.8 Å². The number of aromatic nitrogens is 1. The lowest BCUT2D eigenvalue weighted by Gasteiger charge is -2.09. The Labute approximate surface area is 113 Å². The van der Waals surface area contributed by atoms with Crippen molar-refractivity contribution in [2.45, 2.75) is 32.8 Å². The molecule has 0 atom stereocenters. The Hall–Kier alpha value is -1.31. The number of hydrogen-bond donors (Lipinski definition) is 1. The van der Waals surface area contributed by atoms with Gasteiger partial charge in [0.25, 0.3) is 0 Å². The summed E-state index contributed by atoms with van der Waals surface area (Å²) in [5.74, 6) is 0.570. The molecule has 0 aliphatic rings. The number of nitrogens with one attached hydrogen (secondary N) is 1. The molecule has 0 aromatic carbocycles. The van der Waals surface area contributed by atoms with E-state index in [0.29, 0.717) is 16.4 Å². The number of ether oxygens (including phenoxy) is 1. The fourth-order valence-electron chi connectivity index (χ4n) is 1.41. The van der Waals surface area contributed by atoms with Crippen LogP contribution in [0.4, 0.5) is 5.82 Å². The molecule has 5 heteroatoms. The van der Waals surface area contributed by atoms with Gasteiger partial charge in [-0.05, 0) is 32.8 Å². The van der Waals surface area contributed by atoms with Crippen LogP contribution in [-0.4, -0.2) is 24.2 Å². The Morgan fingerprint density at radius 3 is 2.94 bits per heavy atom. The van der Waals surface area contributed by atoms with Gasteiger partial charge in [-0.2, -0.15) is 5.26 Å². The van der Waals surface area contributed by atoms with Gasteiger partial charge in [0.15, 0.2) is 0 Å². The average molecular weight is 268 g/mol. The average Bonchev–Trinajstić information content (AvgIpc) is 2.35. The highest BCUT2D eigenvalue weighted by Crippen LogP contribution is 2.22. The third kappa shape index (κ3) is 4.91. The van der Waals surface area contributed by atoms with Crippen molar-refractivity contribution in [3.8, 4) is 6.07 Å². The number of hydrogen-bond acceptors (Lipinski definition) is 4. The van der Waals surface area contributed by atoms with Gasteiger partial charge in [-0.25, -0.2) is 4.98 Å². The van der Waals surface area contributed by atoms with Crippen LogP contribution in [0.25, 0.3) is 0 Å². The van der Waals surface area contributed by atoms with Gasteiger partial charge in [-0.15, -0.1) is 0 Å². The molecule has 4 nitrogen and oxygen atoms in total. The van der Waals surface area contributed by atoms with E-state index in [2.05, 4.69) is 10.3 Å². The van der Waals surface area contributed by atoms with Crippen LogP contribution >= 0.6 is 11.6 Å². The number of nitrogens with zero attached hydrogens (tertiary/aromatic N) is 2. The zero-order chi connectivity index (χ0) is 13.4. The van der Waals surface area contributed by atoms with Gasteiger partial charge in [0.2, 0.25) is 0 Å². The van der Waals surface area contributed by atoms with Crippen molar-refractivity contribution in [1.29, 1.82) is 5.26 Å². The number of anilines is 1. The Kier molecular flexibility index (Phi) is 6.48. The summed E-state index contributed by atoms with van der Waals surface area (Å²) in [6, 6.07) is 3.63. The molecule has 0 aliphatic carbocycles. The van der Waals surface area contributed by atoms with E-state index in [1.165, 1.54) is 0 Å². The maximum absolute atomic E-state index is 8.83. The molecule has 0 aliphatic heterocycles. The highest BCUT2D eigenvalue weighted by molar-refractivity contribution is 6.34. The topological polar surface area (TPSA) is 57.9 Å². The van der Waals surface area contributed by atoms with Crippen LogP contribution in [-0.2, 0) is 4.74 Å². The summed E-state index contributed by atoms with van der Waals surface area (Å²) in [7, 11) is 0. The van der Waals surface area contributed by atoms with Crippen LogP contribution in [0.3, 0.4) is 0 Å². The number of pyridine rings is 1. The first-order valence-electron chi connectivity index (χ1n) is 6.05. The van der Waals surface area contributed by atoms with E-state index in [9.17, 15) is 0 Å². The standard InChI is InChI=1S/C13H18ClN3O/c1-10(2)18-8-4-3-6-16-13-12(14)11(9-15)5-7-17-13/h5,7,10H,3-4,6,8H2,1-2H3,(H,16,17). The van der Waals surface area contributed by atoms with Crippen LogP contribution in [0.15, 0.2) is 12.3 Å². The van der Waals surface area contributed by atoms with Crippen molar-refractivity contribution >= 4 is 17.4 Å². The Balaban J connectivity index is 2.30. The van der Waals surface area contributed by atoms with Crippen LogP contribution < -0.4 is 5.32 Å². The monoisotopic (exact) mass is 267 g/mol. The molecular weight excluding hydrogens is 250 g/mol. The van der Waals surface area contributed by atoms with E-state index in [-0.39, 0.29) is 6.10 Å². The molecule has 1 aromatic rings. The van der Waals surface area contributed by atoms with Crippen LogP contribution in [0.2, 0.25) is 5.02 Å². The zero-order valence-electron chi connectivity index (χ0n) is 10.7. The third-order valence-corrected chi connectivity index (χ3v) is 2.71. The number of halogens is 1. The summed E-state index contributed by atoms with van der Waals surface area (Å²) in [6.07, 6.45) is 3.82. The van der Waals surface area contributed by atoms with Gasteiger partial charge in [0, 0.05) is 19.3 Å². The summed E-state index contributed by atoms with van der Waals surface area (Å²) in [6.45, 7) is 5.58. The first-order chi connectivity index (χ1) is 8.65. The van der Waals surface area contributed by atoms with Gasteiger partial charge < -0.3 is 10.1 Å². The van der Waals surface area contributed by atoms with E-state index in [4.69, 9.17) is 21.6 Å². The summed E-state index contributed by atoms with van der Waals surface area (Å²) in [5.41, 5.74) is 0.442. The maximum atomic E-state index is 8.83. The molecule has 0 saturated heterocycles. The van der Waals surface area contributed by atoms with Gasteiger partial charge in [0.05, 0.1) is 11.7 Å². The molecule has 98 valence electrons. The van der Waals surface area contributed by atoms with Gasteiger partial charge >= 0.3 is 0 Å². The SMILES string of the molecule is CC(C)OCCCCNc1nccc(C#N)c1Cl. The minimum absolute atomic E-state index is 0.279. The van der Waals surface area contributed by atoms with Crippen molar-refractivity contribution in [2.75, 3.05) is 18.5 Å². The summed E-state index contributed by atoms with van der Waals surface area (Å²) < 4.78 is 5.44. The molecule has 0 spiro atoms. The van der Waals surface area contributed by atoms with Crippen LogP contribution in [0.1, 0.15) is 32.3 Å². The lowest BCUT2D eigenvalue weighted by Crippen LogP contribution is -2.08. The molecule has 0 unspecified atom stereocenters. The molecule has 1 aromatic heterocycles. The second-order valence-corrected chi connectivity index (χ2v) is 4.56. The highest BCUT2D eigenvalue weighted by atomic mass is 35.5. The minimum Gasteiger partial charge on any atom is -0.379 e. The van der Waals surface area contributed by atoms with Crippen molar-refractivity contribution < 1.29 is 4.74 Å². The van der Waals surface area contributed by atoms with E-state index in [1.807, 2.05) is 19.9 Å². The molecule has 0 radical (unpaired) electrons. The molecule has 0 bridgehead atoms. The smallest absolute Gasteiger partial charge is 0.146 e. The van der Waals surface area contributed by atoms with Gasteiger partial charge in [0.1, 0.15) is 16.9 Å². The lowest BCUT2D eigenvalue weighted by atomic mass is 10.2. The zero-order valence-corrected chi connectivity index (χ0v) is 11.5. The van der Waals surface area contributed by atoms with E-state index in [1.54, 1.807) is 12.3 Å². The summed E-state index contributed by atoms with van der Waals surface area (Å²) in [5, 5.41) is 12.3. The molecule has 0 saturated carbocycles. The van der Waals surface area contributed by atoms with Gasteiger partial charge in [-0.3, -0.25) is 0 Å². The fourth-order valence-corrected chi connectivity index (χ4v) is 1.63. The number of rotatable bonds is 7. The van der Waals surface area contributed by atoms with E-state index < -0.39 is 0 Å². The molecule has 1 heterocycles. The molecule has 1 N–H and O–H groups in total. The Bertz CT molecular complexity index is 415. The van der Waals surface area contributed by atoms with Crippen molar-refractivity contribution in [2.24, 2.45) is 0 Å². The summed E-state index contributed by atoms with van der Waals surface area (Å²) in [4.78, 5) is 4.11. The van der Waals surface area contributed by atoms with Crippen molar-refractivity contribution in [1.82, 2.24) is 4.98 Å². The van der Waals surface area contributed by atoms with Crippen LogP contribution in [0.5, 0.6) is 0 Å². The first kappa shape index (κ1) is 14.7. The normalized spacial score (nSPS) is 10.4. The maximum Gasteiger partial charge on any atom is 0.146 e. The first-order valence-corrected chi connectivity index (χ1v) is 6.43. The van der Waals surface area contributed by atoms with E-state index >= 15 is 0 Å². The van der Waals surface area contributed by atoms with Crippen LogP contribution in [0, 0.1) is 11.3 Å². The number of nitriles is 1. The molecule has 0 amide bonds. The molecule has 18 heavy (non-hydrogen) atoms. The predicted octanol–water partition coefficient (Wildman–Crippen LogP) is 3.22. The largest absolute Gasteiger partial charge is 0.379 e.